The second-order valence-corrected chi connectivity index (χ2v) is 32.2. The Morgan fingerprint density at radius 2 is 1.50 bits per heavy atom. The number of carboxylic acid groups (broad SMARTS) is 1. The van der Waals surface area contributed by atoms with E-state index in [0.717, 1.165) is 4.57 Å². The fourth-order valence-electron chi connectivity index (χ4n) is 8.50. The smallest absolute Gasteiger partial charge is 0.478 e. The zero-order valence-electron chi connectivity index (χ0n) is 53.9. The zero-order valence-corrected chi connectivity index (χ0v) is 61.5. The van der Waals surface area contributed by atoms with Gasteiger partial charge in [-0.05, 0) is 91.5 Å². The topological polar surface area (TPSA) is 560 Å². The molecule has 3 aromatic rings. The Hall–Kier alpha value is -6.56. The number of aromatic nitrogens is 2. The van der Waals surface area contributed by atoms with E-state index in [1.807, 2.05) is 20.8 Å². The number of unbranched alkanes of at least 4 members (excludes halogenated alkanes) is 1. The number of hydrogen-bond donors (Lipinski definition) is 11. The molecule has 1 aromatic heterocycles. The summed E-state index contributed by atoms with van der Waals surface area (Å²) in [5.74, 6) is 5.56. The van der Waals surface area contributed by atoms with Gasteiger partial charge in [-0.1, -0.05) is 62.5 Å². The van der Waals surface area contributed by atoms with Crippen molar-refractivity contribution >= 4 is 133 Å². The lowest BCUT2D eigenvalue weighted by atomic mass is 9.89. The maximum atomic E-state index is 13.0. The normalized spacial score (nSPS) is 15.7. The lowest BCUT2D eigenvalue weighted by molar-refractivity contribution is -0.172. The van der Waals surface area contributed by atoms with Gasteiger partial charge in [0.05, 0.1) is 82.0 Å². The molecule has 3 aliphatic rings. The summed E-state index contributed by atoms with van der Waals surface area (Å²) in [5, 5.41) is 25.8. The maximum Gasteiger partial charge on any atom is 0.490 e. The number of hydrogen-bond acceptors (Lipinski definition) is 31. The molecule has 6 atom stereocenters. The molecule has 0 saturated carbocycles. The quantitative estimate of drug-likeness (QED) is 0.00515. The van der Waals surface area contributed by atoms with Crippen LogP contribution in [0, 0.1) is 11.8 Å². The van der Waals surface area contributed by atoms with E-state index in [4.69, 9.17) is 105 Å². The minimum absolute atomic E-state index is 0.0455. The van der Waals surface area contributed by atoms with Crippen molar-refractivity contribution in [1.29, 1.82) is 0 Å². The number of phosphoric ester groups is 1. The van der Waals surface area contributed by atoms with Crippen molar-refractivity contribution in [2.24, 2.45) is 0 Å². The number of nitrogens with one attached hydrogen (secondary N) is 3. The van der Waals surface area contributed by atoms with E-state index in [1.165, 1.54) is 17.0 Å². The summed E-state index contributed by atoms with van der Waals surface area (Å²) in [6, 6.07) is 15.5. The molecule has 1 saturated heterocycles. The number of carboxylic acids is 1. The number of nitrogens with two attached hydrogens (primary N) is 3. The van der Waals surface area contributed by atoms with Crippen LogP contribution in [0.1, 0.15) is 74.2 Å². The molecular formula is C55H74N8O29P3S6+. The van der Waals surface area contributed by atoms with Crippen molar-refractivity contribution in [3.63, 3.8) is 0 Å². The molecule has 0 radical (unpaired) electrons. The van der Waals surface area contributed by atoms with E-state index >= 15 is 0 Å². The number of carbonyl (C=O) groups excluding carboxylic acids is 2. The number of anilines is 2. The number of phosphoric acid groups is 3. The monoisotopic (exact) mass is 1600 g/mol. The molecule has 3 heterocycles. The third kappa shape index (κ3) is 33.2. The predicted octanol–water partition coefficient (Wildman–Crippen LogP) is 2.75. The third-order valence-corrected chi connectivity index (χ3v) is 21.8. The molecule has 6 rings (SSSR count). The number of nitrogen functional groups attached to an aromatic ring is 2. The van der Waals surface area contributed by atoms with Gasteiger partial charge in [0.2, 0.25) is 0 Å². The standard InChI is InChI=1S/C55H73N8O23P3S4.2O3S/c1-5-93(90)34-81-46-30-48(84-47(46)32-82-88(72,73)86-89(74,75)85-87(69,70)71)63-31-37(50(58)62-52(63)66)9-8-17-60-53(67)79-21-7-6-20-78-33-91-92-55(3,4)16-22-80-54(68)61-19-24-77-26-25-76-23-18-59-35(2)36-10-13-40(51(64)65)43(27-36)49-41-14-11-38(56)28-44(41)83-45-29-39(57)12-15-42(45)49;2*1-4(2)3/h10-15,27-29,31,46-48,56,59H,2,5-7,16-26,30,32-34,57H2,1,3-4H3,(H,60,67)(H,61,68)(H,64,65)(H,72,73)(H,74,75)(H2,58,62,66)(H2,69,70,71);;/p+1/t46?,47-,48-,93?;;/m1../s1. The average molecular weight is 1600 g/mol. The summed E-state index contributed by atoms with van der Waals surface area (Å²) in [6.45, 7) is 11.6. The molecule has 2 amide bonds. The van der Waals surface area contributed by atoms with Gasteiger partial charge in [-0.25, -0.2) is 32.9 Å². The fourth-order valence-corrected chi connectivity index (χ4v) is 14.5. The summed E-state index contributed by atoms with van der Waals surface area (Å²) in [7, 11) is -20.7. The second-order valence-electron chi connectivity index (χ2n) is 20.9. The van der Waals surface area contributed by atoms with Crippen molar-refractivity contribution in [3.05, 3.63) is 99.9 Å². The first-order chi connectivity index (χ1) is 47.5. The van der Waals surface area contributed by atoms with E-state index in [9.17, 15) is 47.8 Å². The fraction of sp³-hybridized carbons (Fsp3) is 0.455. The summed E-state index contributed by atoms with van der Waals surface area (Å²) in [6.07, 6.45) is -1.74. The Bertz CT molecular complexity index is 4220. The number of benzene rings is 3. The number of alkyl carbamates (subject to hydrolysis) is 2. The first-order valence-electron chi connectivity index (χ1n) is 29.3. The molecule has 1 aliphatic carbocycles. The van der Waals surface area contributed by atoms with E-state index in [0.29, 0.717) is 120 Å². The summed E-state index contributed by atoms with van der Waals surface area (Å²) in [4.78, 5) is 90.9. The van der Waals surface area contributed by atoms with Crippen LogP contribution < -0.4 is 43.9 Å². The number of aromatic carboxylic acids is 1. The Kier molecular flexibility index (Phi) is 36.9. The van der Waals surface area contributed by atoms with Crippen LogP contribution in [0.2, 0.25) is 0 Å². The van der Waals surface area contributed by atoms with Crippen molar-refractivity contribution in [3.8, 4) is 34.3 Å². The molecule has 558 valence electrons. The zero-order chi connectivity index (χ0) is 75.1. The van der Waals surface area contributed by atoms with Crippen LogP contribution in [0.25, 0.3) is 39.1 Å². The van der Waals surface area contributed by atoms with Gasteiger partial charge in [-0.2, -0.15) is 13.6 Å². The van der Waals surface area contributed by atoms with E-state index in [2.05, 4.69) is 48.0 Å². The molecular weight excluding hydrogens is 1520 g/mol. The van der Waals surface area contributed by atoms with Crippen molar-refractivity contribution in [1.82, 2.24) is 25.5 Å². The van der Waals surface area contributed by atoms with Gasteiger partial charge >= 0.3 is 68.5 Å². The Labute approximate surface area is 594 Å². The molecule has 2 aliphatic heterocycles. The van der Waals surface area contributed by atoms with Crippen LogP contribution in [0.5, 0.6) is 0 Å². The molecule has 46 heteroatoms. The van der Waals surface area contributed by atoms with Gasteiger partial charge in [-0.15, -0.1) is 25.3 Å². The third-order valence-electron chi connectivity index (χ3n) is 12.9. The summed E-state index contributed by atoms with van der Waals surface area (Å²) >= 11 is 5.33. The van der Waals surface area contributed by atoms with Crippen LogP contribution in [-0.2, 0) is 102 Å². The van der Waals surface area contributed by atoms with Gasteiger partial charge in [0.15, 0.2) is 5.36 Å². The molecule has 101 heavy (non-hydrogen) atoms. The first-order valence-corrected chi connectivity index (χ1v) is 40.6. The van der Waals surface area contributed by atoms with Gasteiger partial charge in [0.1, 0.15) is 35.4 Å². The number of ether oxygens (including phenoxy) is 7. The summed E-state index contributed by atoms with van der Waals surface area (Å²) < 4.78 is 144. The second kappa shape index (κ2) is 42.9. The molecule has 0 spiro atoms. The Balaban J connectivity index is 0.00000256. The number of amides is 2. The van der Waals surface area contributed by atoms with E-state index in [-0.39, 0.29) is 67.0 Å². The van der Waals surface area contributed by atoms with Crippen LogP contribution in [0.15, 0.2) is 76.6 Å². The molecule has 0 bridgehead atoms. The largest absolute Gasteiger partial charge is 0.490 e. The Morgan fingerprint density at radius 3 is 2.16 bits per heavy atom. The number of nitrogens with zero attached hydrogens (tertiary/aromatic N) is 2. The number of rotatable bonds is 38. The van der Waals surface area contributed by atoms with Crippen molar-refractivity contribution in [2.75, 3.05) is 102 Å². The minimum Gasteiger partial charge on any atom is -0.478 e. The molecule has 4 unspecified atom stereocenters. The van der Waals surface area contributed by atoms with Crippen LogP contribution in [0.4, 0.5) is 21.1 Å². The van der Waals surface area contributed by atoms with Gasteiger partial charge < -0.3 is 89.7 Å². The first kappa shape index (κ1) is 86.8. The molecule has 37 nitrogen and oxygen atoms in total. The highest BCUT2D eigenvalue weighted by Crippen LogP contribution is 2.66. The highest BCUT2D eigenvalue weighted by atomic mass is 33.1. The number of fused-ring (bicyclic) bond motifs is 2. The van der Waals surface area contributed by atoms with Crippen molar-refractivity contribution < 1.29 is 134 Å². The molecule has 1 fully saturated rings. The van der Waals surface area contributed by atoms with Crippen LogP contribution in [-0.4, -0.2) is 185 Å². The van der Waals surface area contributed by atoms with E-state index < -0.39 is 103 Å². The van der Waals surface area contributed by atoms with Gasteiger partial charge in [0.25, 0.3) is 0 Å². The number of carbonyl (C=O) groups is 3. The van der Waals surface area contributed by atoms with Crippen LogP contribution in [0.3, 0.4) is 0 Å². The van der Waals surface area contributed by atoms with E-state index in [1.54, 1.807) is 65.4 Å². The Morgan fingerprint density at radius 1 is 0.842 bits per heavy atom. The highest BCUT2D eigenvalue weighted by Gasteiger charge is 2.44. The predicted molar refractivity (Wildman–Crippen MR) is 369 cm³/mol. The molecule has 2 aromatic carbocycles. The molecule has 14 N–H and O–H groups in total. The average Bonchev–Trinajstić information content (AvgIpc) is 1.26. The van der Waals surface area contributed by atoms with Crippen molar-refractivity contribution in [2.45, 2.75) is 69.6 Å². The van der Waals surface area contributed by atoms with Gasteiger partial charge in [0, 0.05) is 77.1 Å². The van der Waals surface area contributed by atoms with Gasteiger partial charge in [-0.3, -0.25) is 14.5 Å². The SMILES string of the molecule is C=C(NCCOCCOCCNC(=O)OCCC(C)(C)SSCOCCCCOC(=O)NCC#Cc1cn([C@H]2CC(OCS(=S)CC)[C@@H](COP(=O)(O)OP(=O)(O)OP(=O)(O)O)O2)c(=O)nc1N)c1ccc(C(=O)O)c(-c2c3ccc(=[NH2+])cc-3oc3cc(N)ccc23)c1.O=S(=O)=O.O=S(=O)=O. The highest BCUT2D eigenvalue weighted by molar-refractivity contribution is 8.77. The summed E-state index contributed by atoms with van der Waals surface area (Å²) in [5.41, 5.74) is 15.3. The lowest BCUT2D eigenvalue weighted by Gasteiger charge is -2.22. The lowest BCUT2D eigenvalue weighted by Crippen LogP contribution is -2.44. The minimum atomic E-state index is -5.79. The maximum absolute atomic E-state index is 13.0. The van der Waals surface area contributed by atoms with Crippen LogP contribution >= 0.6 is 45.1 Å².